The van der Waals surface area contributed by atoms with E-state index in [4.69, 9.17) is 5.73 Å². The SMILES string of the molecule is CCc1cc(CC)c2c(c1O)C(O)=C1C(=O)C3(O)C(O)=C(C(N)=O)C(=O)C(N(C)C)C3CC1C2. The van der Waals surface area contributed by atoms with Gasteiger partial charge in [-0.1, -0.05) is 19.9 Å². The number of carbonyl (C=O) groups excluding carboxylic acids is 3. The van der Waals surface area contributed by atoms with Crippen molar-refractivity contribution >= 4 is 23.2 Å². The van der Waals surface area contributed by atoms with E-state index in [-0.39, 0.29) is 23.3 Å². The van der Waals surface area contributed by atoms with Crippen molar-refractivity contribution in [2.24, 2.45) is 17.6 Å². The van der Waals surface area contributed by atoms with E-state index in [0.29, 0.717) is 24.8 Å². The molecule has 0 spiro atoms. The zero-order valence-corrected chi connectivity index (χ0v) is 19.7. The number of phenols is 1. The molecule has 4 rings (SSSR count). The van der Waals surface area contributed by atoms with Gasteiger partial charge in [0.15, 0.2) is 11.4 Å². The maximum Gasteiger partial charge on any atom is 0.255 e. The summed E-state index contributed by atoms with van der Waals surface area (Å²) in [6, 6.07) is 0.812. The van der Waals surface area contributed by atoms with E-state index >= 15 is 0 Å². The third-order valence-corrected chi connectivity index (χ3v) is 7.65. The number of primary amides is 1. The fourth-order valence-corrected chi connectivity index (χ4v) is 6.04. The summed E-state index contributed by atoms with van der Waals surface area (Å²) >= 11 is 0. The van der Waals surface area contributed by atoms with E-state index in [0.717, 1.165) is 11.1 Å². The minimum Gasteiger partial charge on any atom is -0.508 e. The Morgan fingerprint density at radius 1 is 1.15 bits per heavy atom. The number of rotatable bonds is 4. The number of fused-ring (bicyclic) bond motifs is 3. The first-order valence-corrected chi connectivity index (χ1v) is 11.4. The number of benzene rings is 1. The molecule has 0 aromatic heterocycles. The Morgan fingerprint density at radius 3 is 2.29 bits per heavy atom. The summed E-state index contributed by atoms with van der Waals surface area (Å²) in [4.78, 5) is 40.4. The number of amides is 1. The lowest BCUT2D eigenvalue weighted by atomic mass is 9.57. The van der Waals surface area contributed by atoms with Crippen LogP contribution in [0.1, 0.15) is 42.5 Å². The molecule has 182 valence electrons. The lowest BCUT2D eigenvalue weighted by Crippen LogP contribution is -2.65. The van der Waals surface area contributed by atoms with E-state index in [1.807, 2.05) is 19.9 Å². The van der Waals surface area contributed by atoms with Crippen LogP contribution in [0, 0.1) is 11.8 Å². The molecule has 0 aliphatic heterocycles. The van der Waals surface area contributed by atoms with Gasteiger partial charge in [0.2, 0.25) is 5.78 Å². The van der Waals surface area contributed by atoms with Gasteiger partial charge in [0, 0.05) is 11.5 Å². The van der Waals surface area contributed by atoms with Gasteiger partial charge in [0.05, 0.1) is 11.6 Å². The molecule has 3 aliphatic carbocycles. The van der Waals surface area contributed by atoms with Gasteiger partial charge in [-0.25, -0.2) is 0 Å². The van der Waals surface area contributed by atoms with Gasteiger partial charge in [-0.15, -0.1) is 0 Å². The largest absolute Gasteiger partial charge is 0.508 e. The number of hydrogen-bond acceptors (Lipinski definition) is 8. The molecule has 1 amide bonds. The zero-order valence-electron chi connectivity index (χ0n) is 19.7. The van der Waals surface area contributed by atoms with E-state index in [1.165, 1.54) is 4.90 Å². The number of hydrogen-bond donors (Lipinski definition) is 5. The van der Waals surface area contributed by atoms with Crippen LogP contribution in [0.15, 0.2) is 23.0 Å². The predicted octanol–water partition coefficient (Wildman–Crippen LogP) is 1.09. The summed E-state index contributed by atoms with van der Waals surface area (Å²) in [5, 5.41) is 44.6. The summed E-state index contributed by atoms with van der Waals surface area (Å²) in [5.41, 5.74) is 4.22. The average Bonchev–Trinajstić information content (AvgIpc) is 2.76. The molecule has 4 atom stereocenters. The molecule has 34 heavy (non-hydrogen) atoms. The molecular weight excluding hydrogens is 440 g/mol. The van der Waals surface area contributed by atoms with Gasteiger partial charge in [-0.3, -0.25) is 19.3 Å². The van der Waals surface area contributed by atoms with Gasteiger partial charge in [0.1, 0.15) is 22.8 Å². The summed E-state index contributed by atoms with van der Waals surface area (Å²) in [5.74, 6) is -6.27. The molecule has 6 N–H and O–H groups in total. The number of likely N-dealkylation sites (N-methyl/N-ethyl adjacent to an activating group) is 1. The molecule has 0 bridgehead atoms. The average molecular weight is 471 g/mol. The molecule has 0 saturated heterocycles. The molecule has 9 nitrogen and oxygen atoms in total. The van der Waals surface area contributed by atoms with Crippen molar-refractivity contribution in [3.05, 3.63) is 45.2 Å². The number of nitrogens with zero attached hydrogens (tertiary/aromatic N) is 1. The number of Topliss-reactive ketones (excluding diaryl/α,β-unsaturated/α-hetero) is 2. The third-order valence-electron chi connectivity index (χ3n) is 7.65. The van der Waals surface area contributed by atoms with Crippen molar-refractivity contribution in [2.45, 2.75) is 51.2 Å². The molecule has 1 aromatic carbocycles. The minimum absolute atomic E-state index is 0.0885. The monoisotopic (exact) mass is 470 g/mol. The lowest BCUT2D eigenvalue weighted by molar-refractivity contribution is -0.153. The van der Waals surface area contributed by atoms with Gasteiger partial charge in [0.25, 0.3) is 5.91 Å². The zero-order chi connectivity index (χ0) is 25.3. The van der Waals surface area contributed by atoms with Gasteiger partial charge in [-0.05, 0) is 62.4 Å². The second-order valence-electron chi connectivity index (χ2n) is 9.57. The highest BCUT2D eigenvalue weighted by atomic mass is 16.3. The van der Waals surface area contributed by atoms with E-state index in [1.54, 1.807) is 14.1 Å². The van der Waals surface area contributed by atoms with E-state index in [2.05, 4.69) is 0 Å². The Bertz CT molecular complexity index is 1200. The second kappa shape index (κ2) is 7.95. The van der Waals surface area contributed by atoms with Crippen molar-refractivity contribution in [1.29, 1.82) is 0 Å². The first-order valence-electron chi connectivity index (χ1n) is 11.4. The van der Waals surface area contributed by atoms with Crippen molar-refractivity contribution in [3.8, 4) is 5.75 Å². The Kier molecular flexibility index (Phi) is 5.61. The highest BCUT2D eigenvalue weighted by molar-refractivity contribution is 6.24. The van der Waals surface area contributed by atoms with Gasteiger partial charge >= 0.3 is 0 Å². The predicted molar refractivity (Wildman–Crippen MR) is 123 cm³/mol. The quantitative estimate of drug-likeness (QED) is 0.409. The Hall–Kier alpha value is -3.17. The number of aryl methyl sites for hydroxylation is 2. The first kappa shape index (κ1) is 24.0. The van der Waals surface area contributed by atoms with Gasteiger partial charge in [-0.2, -0.15) is 0 Å². The standard InChI is InChI=1S/C25H30N2O7/c1-5-10-7-11(6-2)19(28)16-13(10)8-12-9-14-18(27(3)4)21(30)17(24(26)33)23(32)25(14,34)22(31)15(12)20(16)29/h7,12,14,18,28-29,32,34H,5-6,8-9H2,1-4H3,(H2,26,33). The highest BCUT2D eigenvalue weighted by Crippen LogP contribution is 2.53. The van der Waals surface area contributed by atoms with Crippen LogP contribution in [0.2, 0.25) is 0 Å². The molecule has 3 aliphatic rings. The smallest absolute Gasteiger partial charge is 0.255 e. The summed E-state index contributed by atoms with van der Waals surface area (Å²) in [6.45, 7) is 3.83. The van der Waals surface area contributed by atoms with Crippen LogP contribution in [0.4, 0.5) is 0 Å². The second-order valence-corrected chi connectivity index (χ2v) is 9.57. The molecule has 1 saturated carbocycles. The van der Waals surface area contributed by atoms with Gasteiger partial charge < -0.3 is 26.2 Å². The number of aliphatic hydroxyl groups excluding tert-OH is 2. The van der Waals surface area contributed by atoms with Crippen LogP contribution in [-0.2, 0) is 33.6 Å². The molecule has 0 heterocycles. The third kappa shape index (κ3) is 2.96. The van der Waals surface area contributed by atoms with Crippen LogP contribution in [0.5, 0.6) is 5.75 Å². The Labute approximate surface area is 197 Å². The molecule has 0 radical (unpaired) electrons. The summed E-state index contributed by atoms with van der Waals surface area (Å²) in [7, 11) is 3.15. The Morgan fingerprint density at radius 2 is 1.76 bits per heavy atom. The Balaban J connectivity index is 2.00. The molecule has 4 unspecified atom stereocenters. The molecule has 1 aromatic rings. The van der Waals surface area contributed by atoms with E-state index in [9.17, 15) is 34.8 Å². The number of nitrogens with two attached hydrogens (primary N) is 1. The first-order chi connectivity index (χ1) is 15.9. The van der Waals surface area contributed by atoms with Crippen molar-refractivity contribution < 1.29 is 34.8 Å². The molecular formula is C25H30N2O7. The molecule has 1 fully saturated rings. The van der Waals surface area contributed by atoms with E-state index < -0.39 is 58.0 Å². The molecule has 9 heteroatoms. The number of phenolic OH excluding ortho intramolecular Hbond substituents is 1. The number of ketones is 2. The van der Waals surface area contributed by atoms with Crippen LogP contribution in [-0.4, -0.2) is 68.5 Å². The summed E-state index contributed by atoms with van der Waals surface area (Å²) < 4.78 is 0. The maximum atomic E-state index is 13.8. The fraction of sp³-hybridized carbons (Fsp3) is 0.480. The van der Waals surface area contributed by atoms with Crippen LogP contribution in [0.3, 0.4) is 0 Å². The van der Waals surface area contributed by atoms with Crippen LogP contribution >= 0.6 is 0 Å². The lowest BCUT2D eigenvalue weighted by Gasteiger charge is -2.50. The van der Waals surface area contributed by atoms with Crippen molar-refractivity contribution in [2.75, 3.05) is 14.1 Å². The fourth-order valence-electron chi connectivity index (χ4n) is 6.04. The van der Waals surface area contributed by atoms with Crippen LogP contribution < -0.4 is 5.73 Å². The van der Waals surface area contributed by atoms with Crippen molar-refractivity contribution in [3.63, 3.8) is 0 Å². The number of aromatic hydroxyl groups is 1. The summed E-state index contributed by atoms with van der Waals surface area (Å²) in [6.07, 6.45) is 1.56. The van der Waals surface area contributed by atoms with Crippen molar-refractivity contribution in [1.82, 2.24) is 4.90 Å². The highest BCUT2D eigenvalue weighted by Gasteiger charge is 2.64. The number of aliphatic hydroxyl groups is 3. The topological polar surface area (TPSA) is 161 Å². The van der Waals surface area contributed by atoms with Crippen LogP contribution in [0.25, 0.3) is 5.76 Å². The normalized spacial score (nSPS) is 28.7. The number of carbonyl (C=O) groups is 3. The maximum absolute atomic E-state index is 13.8. The minimum atomic E-state index is -2.61.